The Morgan fingerprint density at radius 2 is 1.89 bits per heavy atom. The van der Waals surface area contributed by atoms with Gasteiger partial charge in [-0.25, -0.2) is 4.39 Å². The van der Waals surface area contributed by atoms with Crippen LogP contribution >= 0.6 is 27.5 Å². The summed E-state index contributed by atoms with van der Waals surface area (Å²) in [5.41, 5.74) is 2.74. The smallest absolute Gasteiger partial charge is 0.123 e. The molecular weight excluding hydrogens is 331 g/mol. The van der Waals surface area contributed by atoms with Crippen LogP contribution in [0.4, 0.5) is 4.39 Å². The van der Waals surface area contributed by atoms with E-state index in [-0.39, 0.29) is 10.6 Å². The molecule has 0 N–H and O–H groups in total. The van der Waals surface area contributed by atoms with Crippen molar-refractivity contribution in [2.45, 2.75) is 11.8 Å². The molecule has 1 unspecified atom stereocenters. The molecule has 0 spiro atoms. The first kappa shape index (κ1) is 14.4. The van der Waals surface area contributed by atoms with Gasteiger partial charge in [0, 0.05) is 10.6 Å². The Morgan fingerprint density at radius 3 is 2.58 bits per heavy atom. The standard InChI is InChI=1S/C15H13BrClFO/c1-9-3-5-11(18)8-12(9)15(16)13-7-10(17)4-6-14(13)19-2/h3-8,15H,1-2H3. The normalized spacial score (nSPS) is 12.3. The van der Waals surface area contributed by atoms with Crippen LogP contribution in [-0.4, -0.2) is 7.11 Å². The van der Waals surface area contributed by atoms with Gasteiger partial charge >= 0.3 is 0 Å². The van der Waals surface area contributed by atoms with Crippen molar-refractivity contribution in [2.75, 3.05) is 7.11 Å². The van der Waals surface area contributed by atoms with E-state index in [1.165, 1.54) is 12.1 Å². The summed E-state index contributed by atoms with van der Waals surface area (Å²) in [6, 6.07) is 10.1. The summed E-state index contributed by atoms with van der Waals surface area (Å²) >= 11 is 9.63. The molecule has 2 rings (SSSR count). The van der Waals surface area contributed by atoms with Gasteiger partial charge in [0.15, 0.2) is 0 Å². The number of hydrogen-bond donors (Lipinski definition) is 0. The van der Waals surface area contributed by atoms with Crippen molar-refractivity contribution in [1.82, 2.24) is 0 Å². The van der Waals surface area contributed by atoms with E-state index in [4.69, 9.17) is 16.3 Å². The number of halogens is 3. The monoisotopic (exact) mass is 342 g/mol. The molecule has 0 aliphatic heterocycles. The average molecular weight is 344 g/mol. The summed E-state index contributed by atoms with van der Waals surface area (Å²) in [5, 5.41) is 0.620. The highest BCUT2D eigenvalue weighted by Gasteiger charge is 2.18. The van der Waals surface area contributed by atoms with Gasteiger partial charge in [-0.15, -0.1) is 0 Å². The number of aryl methyl sites for hydroxylation is 1. The summed E-state index contributed by atoms with van der Waals surface area (Å²) < 4.78 is 18.7. The molecule has 100 valence electrons. The molecular formula is C15H13BrClFO. The molecule has 0 heterocycles. The van der Waals surface area contributed by atoms with Gasteiger partial charge in [0.2, 0.25) is 0 Å². The zero-order valence-corrected chi connectivity index (χ0v) is 12.9. The van der Waals surface area contributed by atoms with Crippen molar-refractivity contribution >= 4 is 27.5 Å². The van der Waals surface area contributed by atoms with Gasteiger partial charge in [-0.3, -0.25) is 0 Å². The van der Waals surface area contributed by atoms with E-state index in [1.54, 1.807) is 25.3 Å². The number of benzene rings is 2. The van der Waals surface area contributed by atoms with E-state index in [1.807, 2.05) is 13.0 Å². The van der Waals surface area contributed by atoms with Crippen LogP contribution in [0.1, 0.15) is 21.5 Å². The van der Waals surface area contributed by atoms with Crippen LogP contribution < -0.4 is 4.74 Å². The van der Waals surface area contributed by atoms with Crippen LogP contribution in [0.3, 0.4) is 0 Å². The predicted octanol–water partition coefficient (Wildman–Crippen LogP) is 5.28. The zero-order chi connectivity index (χ0) is 14.0. The Kier molecular flexibility index (Phi) is 4.48. The number of ether oxygens (including phenoxy) is 1. The summed E-state index contributed by atoms with van der Waals surface area (Å²) in [4.78, 5) is -0.170. The van der Waals surface area contributed by atoms with Gasteiger partial charge in [-0.1, -0.05) is 33.6 Å². The molecule has 0 fully saturated rings. The third kappa shape index (κ3) is 3.10. The van der Waals surface area contributed by atoms with Gasteiger partial charge in [0.05, 0.1) is 11.9 Å². The number of methoxy groups -OCH3 is 1. The molecule has 0 aromatic heterocycles. The van der Waals surface area contributed by atoms with Gasteiger partial charge in [-0.05, 0) is 48.4 Å². The van der Waals surface area contributed by atoms with Crippen LogP contribution in [0.5, 0.6) is 5.75 Å². The summed E-state index contributed by atoms with van der Waals surface area (Å²) in [6.45, 7) is 1.94. The Balaban J connectivity index is 2.51. The van der Waals surface area contributed by atoms with Crippen molar-refractivity contribution in [2.24, 2.45) is 0 Å². The lowest BCUT2D eigenvalue weighted by atomic mass is 9.99. The minimum absolute atomic E-state index is 0.170. The molecule has 2 aromatic carbocycles. The Labute approximate surface area is 125 Å². The lowest BCUT2D eigenvalue weighted by Gasteiger charge is -2.17. The quantitative estimate of drug-likeness (QED) is 0.689. The van der Waals surface area contributed by atoms with E-state index in [2.05, 4.69) is 15.9 Å². The highest BCUT2D eigenvalue weighted by atomic mass is 79.9. The molecule has 0 amide bonds. The highest BCUT2D eigenvalue weighted by Crippen LogP contribution is 2.39. The van der Waals surface area contributed by atoms with Gasteiger partial charge in [-0.2, -0.15) is 0 Å². The van der Waals surface area contributed by atoms with Crippen molar-refractivity contribution in [3.8, 4) is 5.75 Å². The Bertz CT molecular complexity index is 601. The van der Waals surface area contributed by atoms with Crippen LogP contribution in [0.25, 0.3) is 0 Å². The van der Waals surface area contributed by atoms with Gasteiger partial charge < -0.3 is 4.74 Å². The second-order valence-electron chi connectivity index (χ2n) is 4.25. The minimum atomic E-state index is -0.258. The summed E-state index contributed by atoms with van der Waals surface area (Å²) in [5.74, 6) is 0.459. The molecule has 4 heteroatoms. The maximum atomic E-state index is 13.4. The lowest BCUT2D eigenvalue weighted by Crippen LogP contribution is -2.00. The Hall–Kier alpha value is -1.06. The van der Waals surface area contributed by atoms with Gasteiger partial charge in [0.1, 0.15) is 11.6 Å². The van der Waals surface area contributed by atoms with E-state index >= 15 is 0 Å². The largest absolute Gasteiger partial charge is 0.496 e. The first-order chi connectivity index (χ1) is 9.02. The fraction of sp³-hybridized carbons (Fsp3) is 0.200. The van der Waals surface area contributed by atoms with Crippen LogP contribution in [0.2, 0.25) is 5.02 Å². The molecule has 0 aliphatic rings. The average Bonchev–Trinajstić information content (AvgIpc) is 2.40. The van der Waals surface area contributed by atoms with E-state index in [9.17, 15) is 4.39 Å². The Morgan fingerprint density at radius 1 is 1.16 bits per heavy atom. The van der Waals surface area contributed by atoms with E-state index in [0.29, 0.717) is 5.02 Å². The van der Waals surface area contributed by atoms with Crippen molar-refractivity contribution in [3.63, 3.8) is 0 Å². The molecule has 0 bridgehead atoms. The van der Waals surface area contributed by atoms with Crippen molar-refractivity contribution in [3.05, 3.63) is 63.9 Å². The number of rotatable bonds is 3. The third-order valence-corrected chi connectivity index (χ3v) is 4.20. The summed E-state index contributed by atoms with van der Waals surface area (Å²) in [6.07, 6.45) is 0. The van der Waals surface area contributed by atoms with Crippen LogP contribution in [-0.2, 0) is 0 Å². The van der Waals surface area contributed by atoms with Crippen molar-refractivity contribution < 1.29 is 9.13 Å². The fourth-order valence-electron chi connectivity index (χ4n) is 1.96. The SMILES string of the molecule is COc1ccc(Cl)cc1C(Br)c1cc(F)ccc1C. The molecule has 19 heavy (non-hydrogen) atoms. The number of hydrogen-bond acceptors (Lipinski definition) is 1. The molecule has 1 nitrogen and oxygen atoms in total. The molecule has 0 aliphatic carbocycles. The van der Waals surface area contributed by atoms with Crippen LogP contribution in [0, 0.1) is 12.7 Å². The second-order valence-corrected chi connectivity index (χ2v) is 5.60. The fourth-order valence-corrected chi connectivity index (χ4v) is 2.99. The summed E-state index contributed by atoms with van der Waals surface area (Å²) in [7, 11) is 1.60. The third-order valence-electron chi connectivity index (χ3n) is 2.98. The number of alkyl halides is 1. The minimum Gasteiger partial charge on any atom is -0.496 e. The van der Waals surface area contributed by atoms with Gasteiger partial charge in [0.25, 0.3) is 0 Å². The molecule has 0 saturated carbocycles. The molecule has 1 atom stereocenters. The lowest BCUT2D eigenvalue weighted by molar-refractivity contribution is 0.410. The van der Waals surface area contributed by atoms with Crippen LogP contribution in [0.15, 0.2) is 36.4 Å². The zero-order valence-electron chi connectivity index (χ0n) is 10.6. The molecule has 2 aromatic rings. The van der Waals surface area contributed by atoms with Crippen molar-refractivity contribution in [1.29, 1.82) is 0 Å². The first-order valence-corrected chi connectivity index (χ1v) is 7.06. The van der Waals surface area contributed by atoms with E-state index < -0.39 is 0 Å². The second kappa shape index (κ2) is 5.93. The molecule has 0 radical (unpaired) electrons. The topological polar surface area (TPSA) is 9.23 Å². The maximum absolute atomic E-state index is 13.4. The maximum Gasteiger partial charge on any atom is 0.123 e. The predicted molar refractivity (Wildman–Crippen MR) is 79.9 cm³/mol. The highest BCUT2D eigenvalue weighted by molar-refractivity contribution is 9.09. The first-order valence-electron chi connectivity index (χ1n) is 5.76. The molecule has 0 saturated heterocycles. The van der Waals surface area contributed by atoms with E-state index in [0.717, 1.165) is 22.4 Å².